The Hall–Kier alpha value is -1.76. The Morgan fingerprint density at radius 2 is 2.00 bits per heavy atom. The molecule has 1 rings (SSSR count). The number of hydrogen-bond acceptors (Lipinski definition) is 5. The van der Waals surface area contributed by atoms with Crippen LogP contribution in [-0.2, 0) is 16.3 Å². The van der Waals surface area contributed by atoms with Gasteiger partial charge >= 0.3 is 0 Å². The van der Waals surface area contributed by atoms with Crippen LogP contribution in [0.4, 0.5) is 0 Å². The van der Waals surface area contributed by atoms with E-state index < -0.39 is 9.84 Å². The van der Waals surface area contributed by atoms with E-state index in [9.17, 15) is 8.42 Å². The number of oxime groups is 1. The van der Waals surface area contributed by atoms with Crippen LogP contribution in [0.25, 0.3) is 0 Å². The molecule has 0 unspecified atom stereocenters. The van der Waals surface area contributed by atoms with Gasteiger partial charge in [0.2, 0.25) is 0 Å². The lowest BCUT2D eigenvalue weighted by Gasteiger charge is -2.07. The molecule has 112 valence electrons. The van der Waals surface area contributed by atoms with Crippen LogP contribution < -0.4 is 10.5 Å². The maximum atomic E-state index is 11.3. The average molecular weight is 300 g/mol. The van der Waals surface area contributed by atoms with Crippen molar-refractivity contribution in [2.45, 2.75) is 19.8 Å². The van der Waals surface area contributed by atoms with Crippen molar-refractivity contribution in [3.8, 4) is 5.75 Å². The van der Waals surface area contributed by atoms with Gasteiger partial charge in [-0.05, 0) is 24.1 Å². The molecule has 0 radical (unpaired) electrons. The zero-order valence-corrected chi connectivity index (χ0v) is 12.3. The van der Waals surface area contributed by atoms with Crippen molar-refractivity contribution in [2.24, 2.45) is 10.9 Å². The molecule has 20 heavy (non-hydrogen) atoms. The van der Waals surface area contributed by atoms with Crippen molar-refractivity contribution in [3.63, 3.8) is 0 Å². The highest BCUT2D eigenvalue weighted by Gasteiger charge is 2.06. The van der Waals surface area contributed by atoms with Crippen molar-refractivity contribution in [1.29, 1.82) is 0 Å². The van der Waals surface area contributed by atoms with Crippen molar-refractivity contribution < 1.29 is 18.4 Å². The van der Waals surface area contributed by atoms with Crippen LogP contribution in [0.5, 0.6) is 5.75 Å². The lowest BCUT2D eigenvalue weighted by Crippen LogP contribution is -2.14. The van der Waals surface area contributed by atoms with E-state index in [2.05, 4.69) is 5.16 Å². The average Bonchev–Trinajstić information content (AvgIpc) is 2.45. The highest BCUT2D eigenvalue weighted by molar-refractivity contribution is 7.91. The molecule has 0 spiro atoms. The fourth-order valence-corrected chi connectivity index (χ4v) is 2.41. The van der Waals surface area contributed by atoms with Gasteiger partial charge in [-0.2, -0.15) is 0 Å². The van der Waals surface area contributed by atoms with Gasteiger partial charge in [-0.1, -0.05) is 24.2 Å². The van der Waals surface area contributed by atoms with E-state index in [-0.39, 0.29) is 17.3 Å². The molecule has 0 saturated carbocycles. The van der Waals surface area contributed by atoms with Crippen LogP contribution in [0, 0.1) is 0 Å². The third kappa shape index (κ3) is 5.92. The topological polar surface area (TPSA) is 102 Å². The molecule has 0 heterocycles. The quantitative estimate of drug-likeness (QED) is 0.247. The minimum Gasteiger partial charge on any atom is -0.494 e. The van der Waals surface area contributed by atoms with Crippen LogP contribution in [0.2, 0.25) is 0 Å². The fraction of sp³-hybridized carbons (Fsp3) is 0.462. The van der Waals surface area contributed by atoms with Crippen molar-refractivity contribution in [3.05, 3.63) is 29.8 Å². The van der Waals surface area contributed by atoms with E-state index in [1.807, 2.05) is 12.1 Å². The maximum Gasteiger partial charge on any atom is 0.150 e. The van der Waals surface area contributed by atoms with Gasteiger partial charge in [0.05, 0.1) is 12.4 Å². The number of sulfone groups is 1. The molecule has 0 saturated heterocycles. The molecular formula is C13H20N2O4S. The SMILES string of the molecule is CCS(=O)(=O)CCCOc1ccc(CC(N)=NO)cc1. The van der Waals surface area contributed by atoms with Crippen LogP contribution in [-0.4, -0.2) is 37.6 Å². The van der Waals surface area contributed by atoms with Crippen molar-refractivity contribution >= 4 is 15.7 Å². The minimum atomic E-state index is -2.93. The first kappa shape index (κ1) is 16.3. The summed E-state index contributed by atoms with van der Waals surface area (Å²) < 4.78 is 28.0. The highest BCUT2D eigenvalue weighted by atomic mass is 32.2. The molecule has 6 nitrogen and oxygen atoms in total. The maximum absolute atomic E-state index is 11.3. The Kier molecular flexibility index (Phi) is 6.30. The van der Waals surface area contributed by atoms with Gasteiger partial charge < -0.3 is 15.7 Å². The summed E-state index contributed by atoms with van der Waals surface area (Å²) in [4.78, 5) is 0. The third-order valence-corrected chi connectivity index (χ3v) is 4.54. The number of rotatable bonds is 8. The second-order valence-electron chi connectivity index (χ2n) is 4.35. The van der Waals surface area contributed by atoms with Gasteiger partial charge in [-0.3, -0.25) is 0 Å². The van der Waals surface area contributed by atoms with Crippen LogP contribution in [0.1, 0.15) is 18.9 Å². The molecule has 0 amide bonds. The Balaban J connectivity index is 2.39. The predicted molar refractivity (Wildman–Crippen MR) is 78.0 cm³/mol. The molecule has 0 bridgehead atoms. The van der Waals surface area contributed by atoms with Gasteiger partial charge in [0.25, 0.3) is 0 Å². The van der Waals surface area contributed by atoms with E-state index in [1.54, 1.807) is 19.1 Å². The first-order valence-electron chi connectivity index (χ1n) is 6.35. The molecule has 1 aromatic carbocycles. The van der Waals surface area contributed by atoms with E-state index in [0.717, 1.165) is 5.56 Å². The van der Waals surface area contributed by atoms with Crippen LogP contribution in [0.15, 0.2) is 29.4 Å². The summed E-state index contributed by atoms with van der Waals surface area (Å²) >= 11 is 0. The second kappa shape index (κ2) is 7.74. The normalized spacial score (nSPS) is 12.3. The summed E-state index contributed by atoms with van der Waals surface area (Å²) in [5.41, 5.74) is 6.31. The molecule has 0 atom stereocenters. The first-order chi connectivity index (χ1) is 9.46. The van der Waals surface area contributed by atoms with Gasteiger partial charge in [0.15, 0.2) is 0 Å². The summed E-state index contributed by atoms with van der Waals surface area (Å²) in [6.07, 6.45) is 0.841. The summed E-state index contributed by atoms with van der Waals surface area (Å²) in [7, 11) is -2.93. The summed E-state index contributed by atoms with van der Waals surface area (Å²) in [6.45, 7) is 2.00. The zero-order valence-electron chi connectivity index (χ0n) is 11.4. The Morgan fingerprint density at radius 1 is 1.35 bits per heavy atom. The minimum absolute atomic E-state index is 0.142. The molecule has 0 aliphatic rings. The molecule has 7 heteroatoms. The van der Waals surface area contributed by atoms with Crippen LogP contribution in [0.3, 0.4) is 0 Å². The predicted octanol–water partition coefficient (Wildman–Crippen LogP) is 1.18. The highest BCUT2D eigenvalue weighted by Crippen LogP contribution is 2.13. The Bertz CT molecular complexity index is 538. The summed E-state index contributed by atoms with van der Waals surface area (Å²) in [5.74, 6) is 1.12. The molecule has 0 aliphatic heterocycles. The lowest BCUT2D eigenvalue weighted by atomic mass is 10.1. The molecule has 0 aromatic heterocycles. The van der Waals surface area contributed by atoms with E-state index in [0.29, 0.717) is 25.2 Å². The number of hydrogen-bond donors (Lipinski definition) is 2. The molecule has 0 fully saturated rings. The van der Waals surface area contributed by atoms with E-state index in [1.165, 1.54) is 0 Å². The standard InChI is InChI=1S/C13H20N2O4S/c1-2-20(17,18)9-3-8-19-12-6-4-11(5-7-12)10-13(14)15-16/h4-7,16H,2-3,8-10H2,1H3,(H2,14,15). The van der Waals surface area contributed by atoms with Gasteiger partial charge in [-0.15, -0.1) is 0 Å². The third-order valence-electron chi connectivity index (χ3n) is 2.75. The molecule has 0 aliphatic carbocycles. The number of benzene rings is 1. The van der Waals surface area contributed by atoms with Crippen molar-refractivity contribution in [1.82, 2.24) is 0 Å². The van der Waals surface area contributed by atoms with E-state index >= 15 is 0 Å². The van der Waals surface area contributed by atoms with Crippen molar-refractivity contribution in [2.75, 3.05) is 18.1 Å². The number of nitrogens with zero attached hydrogens (tertiary/aromatic N) is 1. The molecule has 3 N–H and O–H groups in total. The monoisotopic (exact) mass is 300 g/mol. The summed E-state index contributed by atoms with van der Waals surface area (Å²) in [5, 5.41) is 11.4. The fourth-order valence-electron chi connectivity index (χ4n) is 1.56. The first-order valence-corrected chi connectivity index (χ1v) is 8.17. The molecule has 1 aromatic rings. The summed E-state index contributed by atoms with van der Waals surface area (Å²) in [6, 6.07) is 7.18. The second-order valence-corrected chi connectivity index (χ2v) is 6.82. The van der Waals surface area contributed by atoms with Gasteiger partial charge in [-0.25, -0.2) is 8.42 Å². The molecular weight excluding hydrogens is 280 g/mol. The Labute approximate surface area is 119 Å². The number of ether oxygens (including phenoxy) is 1. The van der Waals surface area contributed by atoms with Gasteiger partial charge in [0.1, 0.15) is 21.4 Å². The van der Waals surface area contributed by atoms with Gasteiger partial charge in [0, 0.05) is 12.2 Å². The smallest absolute Gasteiger partial charge is 0.150 e. The lowest BCUT2D eigenvalue weighted by molar-refractivity contribution is 0.317. The number of amidine groups is 1. The largest absolute Gasteiger partial charge is 0.494 e. The van der Waals surface area contributed by atoms with E-state index in [4.69, 9.17) is 15.7 Å². The van der Waals surface area contributed by atoms with Crippen LogP contribution >= 0.6 is 0 Å². The number of nitrogens with two attached hydrogens (primary N) is 1. The Morgan fingerprint density at radius 3 is 2.55 bits per heavy atom. The zero-order chi connectivity index (χ0) is 15.0.